The van der Waals surface area contributed by atoms with E-state index < -0.39 is 5.97 Å². The van der Waals surface area contributed by atoms with Crippen molar-refractivity contribution in [3.05, 3.63) is 95.6 Å². The number of rotatable bonds is 5. The summed E-state index contributed by atoms with van der Waals surface area (Å²) in [6.45, 7) is 9.25. The molecule has 0 aliphatic heterocycles. The Morgan fingerprint density at radius 2 is 1.24 bits per heavy atom. The molecular weight excluding hydrogens is 472 g/mol. The number of benzene rings is 4. The molecule has 0 heterocycles. The molecule has 0 fully saturated rings. The predicted molar refractivity (Wildman–Crippen MR) is 153 cm³/mol. The van der Waals surface area contributed by atoms with Crippen molar-refractivity contribution < 1.29 is 19.7 Å². The normalized spacial score (nSPS) is 15.5. The lowest BCUT2D eigenvalue weighted by Crippen LogP contribution is -2.33. The topological polar surface area (TPSA) is 66.8 Å². The molecule has 5 rings (SSSR count). The summed E-state index contributed by atoms with van der Waals surface area (Å²) in [5, 5.41) is 19.2. The first-order valence-electron chi connectivity index (χ1n) is 13.0. The van der Waals surface area contributed by atoms with Gasteiger partial charge in [-0.1, -0.05) is 64.1 Å². The number of fused-ring (bicyclic) bond motifs is 1. The van der Waals surface area contributed by atoms with Gasteiger partial charge >= 0.3 is 5.97 Å². The Kier molecular flexibility index (Phi) is 6.30. The number of phenols is 1. The summed E-state index contributed by atoms with van der Waals surface area (Å²) >= 11 is 0. The molecule has 0 saturated carbocycles. The van der Waals surface area contributed by atoms with Crippen LogP contribution in [0.1, 0.15) is 62.0 Å². The Labute approximate surface area is 224 Å². The summed E-state index contributed by atoms with van der Waals surface area (Å²) in [5.41, 5.74) is 9.02. The Balaban J connectivity index is 1.77. The fraction of sp³-hybridized carbons (Fsp3) is 0.265. The average Bonchev–Trinajstić information content (AvgIpc) is 2.91. The molecule has 0 radical (unpaired) electrons. The van der Waals surface area contributed by atoms with Crippen molar-refractivity contribution in [3.63, 3.8) is 0 Å². The summed E-state index contributed by atoms with van der Waals surface area (Å²) in [6, 6.07) is 25.0. The predicted octanol–water partition coefficient (Wildman–Crippen LogP) is 8.45. The maximum absolute atomic E-state index is 11.4. The molecule has 1 aliphatic rings. The molecule has 4 heteroatoms. The monoisotopic (exact) mass is 506 g/mol. The van der Waals surface area contributed by atoms with Crippen LogP contribution in [0.15, 0.2) is 78.9 Å². The van der Waals surface area contributed by atoms with E-state index in [1.54, 1.807) is 31.4 Å². The van der Waals surface area contributed by atoms with Crippen LogP contribution in [0.2, 0.25) is 0 Å². The number of hydrogen-bond acceptors (Lipinski definition) is 3. The molecule has 0 amide bonds. The zero-order valence-electron chi connectivity index (χ0n) is 22.6. The van der Waals surface area contributed by atoms with Crippen LogP contribution in [-0.2, 0) is 10.8 Å². The molecular formula is C34H34O4. The van der Waals surface area contributed by atoms with Crippen LogP contribution < -0.4 is 4.74 Å². The van der Waals surface area contributed by atoms with E-state index in [-0.39, 0.29) is 22.1 Å². The zero-order chi connectivity index (χ0) is 27.2. The standard InChI is InChI=1S/C34H34O4/c1-33(2)16-17-34(3,4)30-20-31(38-5)28(19-29(30)33)27-18-24(21-6-8-23(9-7-21)32(36)37)12-15-26(27)22-10-13-25(35)14-11-22/h6-15,18-20,35H,16-17H2,1-5H3,(H,36,37). The van der Waals surface area contributed by atoms with Crippen LogP contribution >= 0.6 is 0 Å². The highest BCUT2D eigenvalue weighted by molar-refractivity contribution is 5.91. The molecule has 4 aromatic carbocycles. The molecule has 0 atom stereocenters. The van der Waals surface area contributed by atoms with Crippen LogP contribution in [0.4, 0.5) is 0 Å². The van der Waals surface area contributed by atoms with E-state index in [1.165, 1.54) is 11.1 Å². The van der Waals surface area contributed by atoms with Gasteiger partial charge in [0.05, 0.1) is 12.7 Å². The van der Waals surface area contributed by atoms with Gasteiger partial charge in [0.25, 0.3) is 0 Å². The highest BCUT2D eigenvalue weighted by atomic mass is 16.5. The first kappa shape index (κ1) is 25.6. The van der Waals surface area contributed by atoms with Crippen molar-refractivity contribution in [2.75, 3.05) is 7.11 Å². The van der Waals surface area contributed by atoms with E-state index in [1.807, 2.05) is 24.3 Å². The molecule has 0 unspecified atom stereocenters. The molecule has 1 aliphatic carbocycles. The Morgan fingerprint density at radius 1 is 0.684 bits per heavy atom. The van der Waals surface area contributed by atoms with Crippen LogP contribution in [0.5, 0.6) is 11.5 Å². The van der Waals surface area contributed by atoms with Gasteiger partial charge in [0.1, 0.15) is 11.5 Å². The molecule has 38 heavy (non-hydrogen) atoms. The number of aromatic hydroxyl groups is 1. The van der Waals surface area contributed by atoms with E-state index >= 15 is 0 Å². The highest BCUT2D eigenvalue weighted by Crippen LogP contribution is 2.50. The van der Waals surface area contributed by atoms with Gasteiger partial charge in [-0.3, -0.25) is 0 Å². The number of aromatic carboxylic acids is 1. The number of carboxylic acids is 1. The Morgan fingerprint density at radius 3 is 1.82 bits per heavy atom. The van der Waals surface area contributed by atoms with Gasteiger partial charge in [0, 0.05) is 5.56 Å². The van der Waals surface area contributed by atoms with Gasteiger partial charge in [0.15, 0.2) is 0 Å². The Bertz CT molecular complexity index is 1510. The maximum atomic E-state index is 11.4. The number of carboxylic acid groups (broad SMARTS) is 1. The molecule has 0 bridgehead atoms. The molecule has 0 spiro atoms. The van der Waals surface area contributed by atoms with Crippen LogP contribution in [0, 0.1) is 0 Å². The smallest absolute Gasteiger partial charge is 0.335 e. The number of methoxy groups -OCH3 is 1. The lowest BCUT2D eigenvalue weighted by Gasteiger charge is -2.42. The van der Waals surface area contributed by atoms with Crippen molar-refractivity contribution in [1.29, 1.82) is 0 Å². The third-order valence-corrected chi connectivity index (χ3v) is 8.13. The van der Waals surface area contributed by atoms with Gasteiger partial charge in [-0.15, -0.1) is 0 Å². The third kappa shape index (κ3) is 4.56. The lowest BCUT2D eigenvalue weighted by atomic mass is 9.62. The van der Waals surface area contributed by atoms with Crippen molar-refractivity contribution in [2.24, 2.45) is 0 Å². The maximum Gasteiger partial charge on any atom is 0.335 e. The van der Waals surface area contributed by atoms with E-state index in [9.17, 15) is 15.0 Å². The quantitative estimate of drug-likeness (QED) is 0.285. The van der Waals surface area contributed by atoms with Gasteiger partial charge in [0.2, 0.25) is 0 Å². The van der Waals surface area contributed by atoms with Crippen LogP contribution in [0.3, 0.4) is 0 Å². The van der Waals surface area contributed by atoms with Gasteiger partial charge in [-0.05, 0) is 105 Å². The molecule has 4 aromatic rings. The van der Waals surface area contributed by atoms with E-state index in [0.29, 0.717) is 0 Å². The highest BCUT2D eigenvalue weighted by Gasteiger charge is 2.38. The van der Waals surface area contributed by atoms with E-state index in [0.717, 1.165) is 52.0 Å². The lowest BCUT2D eigenvalue weighted by molar-refractivity contribution is 0.0697. The SMILES string of the molecule is COc1cc2c(cc1-c1cc(-c3ccc(C(=O)O)cc3)ccc1-c1ccc(O)cc1)C(C)(C)CCC2(C)C. The summed E-state index contributed by atoms with van der Waals surface area (Å²) in [4.78, 5) is 11.4. The summed E-state index contributed by atoms with van der Waals surface area (Å²) < 4.78 is 6.02. The summed E-state index contributed by atoms with van der Waals surface area (Å²) in [5.74, 6) is 0.109. The second kappa shape index (κ2) is 9.36. The molecule has 4 nitrogen and oxygen atoms in total. The molecule has 0 saturated heterocycles. The third-order valence-electron chi connectivity index (χ3n) is 8.13. The van der Waals surface area contributed by atoms with Crippen molar-refractivity contribution in [2.45, 2.75) is 51.4 Å². The van der Waals surface area contributed by atoms with Crippen LogP contribution in [-0.4, -0.2) is 23.3 Å². The number of ether oxygens (including phenoxy) is 1. The van der Waals surface area contributed by atoms with Crippen molar-refractivity contribution >= 4 is 5.97 Å². The van der Waals surface area contributed by atoms with Gasteiger partial charge < -0.3 is 14.9 Å². The minimum absolute atomic E-state index is 0.0366. The minimum Gasteiger partial charge on any atom is -0.508 e. The second-order valence-corrected chi connectivity index (χ2v) is 11.6. The first-order valence-corrected chi connectivity index (χ1v) is 13.0. The van der Waals surface area contributed by atoms with Crippen molar-refractivity contribution in [3.8, 4) is 44.9 Å². The first-order chi connectivity index (χ1) is 18.0. The number of carbonyl (C=O) groups is 1. The summed E-state index contributed by atoms with van der Waals surface area (Å²) in [6.07, 6.45) is 2.23. The summed E-state index contributed by atoms with van der Waals surface area (Å²) in [7, 11) is 1.72. The average molecular weight is 507 g/mol. The molecule has 0 aromatic heterocycles. The number of hydrogen-bond donors (Lipinski definition) is 2. The number of phenolic OH excluding ortho intramolecular Hbond substituents is 1. The van der Waals surface area contributed by atoms with Gasteiger partial charge in [-0.2, -0.15) is 0 Å². The van der Waals surface area contributed by atoms with Crippen molar-refractivity contribution in [1.82, 2.24) is 0 Å². The van der Waals surface area contributed by atoms with Gasteiger partial charge in [-0.25, -0.2) is 4.79 Å². The zero-order valence-corrected chi connectivity index (χ0v) is 22.6. The van der Waals surface area contributed by atoms with E-state index in [4.69, 9.17) is 4.74 Å². The fourth-order valence-electron chi connectivity index (χ4n) is 5.62. The van der Waals surface area contributed by atoms with E-state index in [2.05, 4.69) is 58.0 Å². The molecule has 194 valence electrons. The fourth-order valence-corrected chi connectivity index (χ4v) is 5.62. The minimum atomic E-state index is -0.941. The van der Waals surface area contributed by atoms with Crippen LogP contribution in [0.25, 0.3) is 33.4 Å². The Hall–Kier alpha value is -4.05. The largest absolute Gasteiger partial charge is 0.508 e. The second-order valence-electron chi connectivity index (χ2n) is 11.6. The molecule has 2 N–H and O–H groups in total.